The quantitative estimate of drug-likeness (QED) is 0.571. The number of methoxy groups -OCH3 is 1. The molecule has 110 valence electrons. The van der Waals surface area contributed by atoms with Crippen molar-refractivity contribution < 1.29 is 4.74 Å². The van der Waals surface area contributed by atoms with Crippen LogP contribution in [0, 0.1) is 11.3 Å². The van der Waals surface area contributed by atoms with E-state index in [9.17, 15) is 10.1 Å². The molecule has 0 amide bonds. The lowest BCUT2D eigenvalue weighted by atomic mass is 10.0. The fraction of sp³-hybridized carbons (Fsp3) is 0.0556. The number of benzene rings is 2. The Balaban J connectivity index is 2.24. The average Bonchev–Trinajstić information content (AvgIpc) is 2.98. The van der Waals surface area contributed by atoms with Gasteiger partial charge in [0.15, 0.2) is 0 Å². The van der Waals surface area contributed by atoms with Crippen LogP contribution < -0.4 is 10.3 Å². The van der Waals surface area contributed by atoms with E-state index in [1.54, 1.807) is 19.2 Å². The summed E-state index contributed by atoms with van der Waals surface area (Å²) in [6.45, 7) is 0. The van der Waals surface area contributed by atoms with Gasteiger partial charge in [-0.3, -0.25) is 4.79 Å². The van der Waals surface area contributed by atoms with Gasteiger partial charge >= 0.3 is 0 Å². The molecule has 0 bridgehead atoms. The molecular formula is C18H11N3O2. The van der Waals surface area contributed by atoms with Gasteiger partial charge in [-0.1, -0.05) is 30.3 Å². The summed E-state index contributed by atoms with van der Waals surface area (Å²) in [5.41, 5.74) is 2.69. The molecule has 0 aliphatic rings. The zero-order valence-electron chi connectivity index (χ0n) is 12.3. The van der Waals surface area contributed by atoms with Crippen molar-refractivity contribution in [2.24, 2.45) is 0 Å². The number of aromatic nitrogens is 2. The van der Waals surface area contributed by atoms with Crippen LogP contribution in [-0.4, -0.2) is 16.5 Å². The maximum Gasteiger partial charge on any atom is 0.258 e. The minimum atomic E-state index is -0.263. The summed E-state index contributed by atoms with van der Waals surface area (Å²) in [6, 6.07) is 16.8. The summed E-state index contributed by atoms with van der Waals surface area (Å²) < 4.78 is 6.70. The Morgan fingerprint density at radius 2 is 1.96 bits per heavy atom. The third kappa shape index (κ3) is 1.86. The van der Waals surface area contributed by atoms with Crippen molar-refractivity contribution in [2.45, 2.75) is 0 Å². The minimum Gasteiger partial charge on any atom is -0.497 e. The molecule has 0 radical (unpaired) electrons. The molecule has 0 N–H and O–H groups in total. The van der Waals surface area contributed by atoms with Gasteiger partial charge in [0.2, 0.25) is 5.82 Å². The molecule has 5 nitrogen and oxygen atoms in total. The predicted molar refractivity (Wildman–Crippen MR) is 86.9 cm³/mol. The maximum absolute atomic E-state index is 12.5. The molecule has 4 aromatic rings. The van der Waals surface area contributed by atoms with Crippen molar-refractivity contribution >= 4 is 16.4 Å². The molecule has 0 aliphatic carbocycles. The van der Waals surface area contributed by atoms with Crippen molar-refractivity contribution in [2.75, 3.05) is 7.11 Å². The molecule has 0 fully saturated rings. The molecule has 0 saturated heterocycles. The number of nitriles is 1. The fourth-order valence-corrected chi connectivity index (χ4v) is 2.92. The van der Waals surface area contributed by atoms with Crippen molar-refractivity contribution in [3.8, 4) is 22.9 Å². The highest BCUT2D eigenvalue weighted by molar-refractivity contribution is 6.04. The second kappa shape index (κ2) is 4.82. The Labute approximate surface area is 131 Å². The molecule has 0 saturated carbocycles. The van der Waals surface area contributed by atoms with E-state index in [1.807, 2.05) is 42.5 Å². The third-order valence-corrected chi connectivity index (χ3v) is 3.92. The van der Waals surface area contributed by atoms with E-state index in [0.717, 1.165) is 16.5 Å². The molecule has 0 spiro atoms. The number of hydrogen-bond donors (Lipinski definition) is 0. The third-order valence-electron chi connectivity index (χ3n) is 3.92. The molecule has 0 unspecified atom stereocenters. The van der Waals surface area contributed by atoms with Crippen molar-refractivity contribution in [3.05, 3.63) is 64.7 Å². The Morgan fingerprint density at radius 1 is 1.17 bits per heavy atom. The van der Waals surface area contributed by atoms with Crippen LogP contribution in [0.15, 0.2) is 53.3 Å². The first-order chi connectivity index (χ1) is 11.2. The fourth-order valence-electron chi connectivity index (χ4n) is 2.92. The first-order valence-corrected chi connectivity index (χ1v) is 7.05. The van der Waals surface area contributed by atoms with Gasteiger partial charge in [-0.2, -0.15) is 5.26 Å². The van der Waals surface area contributed by atoms with Crippen LogP contribution in [0.3, 0.4) is 0 Å². The first kappa shape index (κ1) is 13.3. The Bertz CT molecular complexity index is 1120. The van der Waals surface area contributed by atoms with E-state index in [2.05, 4.69) is 4.98 Å². The number of ether oxygens (including phenoxy) is 1. The van der Waals surface area contributed by atoms with E-state index in [0.29, 0.717) is 16.8 Å². The summed E-state index contributed by atoms with van der Waals surface area (Å²) in [6.07, 6.45) is 0. The minimum absolute atomic E-state index is 0.0860. The Hall–Kier alpha value is -3.39. The second-order valence-corrected chi connectivity index (χ2v) is 5.19. The smallest absolute Gasteiger partial charge is 0.258 e. The highest BCUT2D eigenvalue weighted by atomic mass is 16.5. The number of pyridine rings is 1. The van der Waals surface area contributed by atoms with Crippen LogP contribution in [0.4, 0.5) is 0 Å². The summed E-state index contributed by atoms with van der Waals surface area (Å²) >= 11 is 0. The lowest BCUT2D eigenvalue weighted by Gasteiger charge is -2.09. The summed E-state index contributed by atoms with van der Waals surface area (Å²) in [7, 11) is 1.58. The second-order valence-electron chi connectivity index (χ2n) is 5.19. The predicted octanol–water partition coefficient (Wildman–Crippen LogP) is 2.83. The molecule has 0 aliphatic heterocycles. The molecule has 4 rings (SSSR count). The Kier molecular flexibility index (Phi) is 2.78. The molecule has 2 heterocycles. The standard InChI is InChI=1S/C18H11N3O2/c1-23-12-7-14-13(11-5-3-2-4-6-11)9-17(22)21-16(10-19)20-15(8-12)18(14)21/h2-9H,1H3. The number of rotatable bonds is 2. The Morgan fingerprint density at radius 3 is 2.65 bits per heavy atom. The van der Waals surface area contributed by atoms with Gasteiger partial charge in [-0.25, -0.2) is 9.38 Å². The molecule has 23 heavy (non-hydrogen) atoms. The van der Waals surface area contributed by atoms with Crippen molar-refractivity contribution in [3.63, 3.8) is 0 Å². The van der Waals surface area contributed by atoms with Gasteiger partial charge in [-0.15, -0.1) is 0 Å². The van der Waals surface area contributed by atoms with E-state index < -0.39 is 0 Å². The van der Waals surface area contributed by atoms with Crippen molar-refractivity contribution in [1.29, 1.82) is 5.26 Å². The average molecular weight is 301 g/mol. The molecular weight excluding hydrogens is 290 g/mol. The van der Waals surface area contributed by atoms with Crippen LogP contribution >= 0.6 is 0 Å². The van der Waals surface area contributed by atoms with Gasteiger partial charge in [0.25, 0.3) is 5.56 Å². The number of nitrogens with zero attached hydrogens (tertiary/aromatic N) is 3. The number of hydrogen-bond acceptors (Lipinski definition) is 4. The van der Waals surface area contributed by atoms with E-state index in [-0.39, 0.29) is 11.4 Å². The van der Waals surface area contributed by atoms with E-state index in [4.69, 9.17) is 4.74 Å². The van der Waals surface area contributed by atoms with Gasteiger partial charge in [0.1, 0.15) is 11.8 Å². The zero-order chi connectivity index (χ0) is 16.0. The van der Waals surface area contributed by atoms with Crippen LogP contribution in [0.5, 0.6) is 5.75 Å². The van der Waals surface area contributed by atoms with Crippen LogP contribution in [-0.2, 0) is 0 Å². The van der Waals surface area contributed by atoms with Gasteiger partial charge in [-0.05, 0) is 17.2 Å². The maximum atomic E-state index is 12.5. The van der Waals surface area contributed by atoms with Crippen LogP contribution in [0.25, 0.3) is 27.5 Å². The monoisotopic (exact) mass is 301 g/mol. The molecule has 2 aromatic carbocycles. The highest BCUT2D eigenvalue weighted by Crippen LogP contribution is 2.33. The zero-order valence-corrected chi connectivity index (χ0v) is 12.3. The van der Waals surface area contributed by atoms with Gasteiger partial charge in [0, 0.05) is 17.5 Å². The lowest BCUT2D eigenvalue weighted by molar-refractivity contribution is 0.416. The lowest BCUT2D eigenvalue weighted by Crippen LogP contribution is -2.13. The molecule has 2 aromatic heterocycles. The molecule has 5 heteroatoms. The summed E-state index contributed by atoms with van der Waals surface area (Å²) in [5.74, 6) is 0.723. The summed E-state index contributed by atoms with van der Waals surface area (Å²) in [5, 5.41) is 10.1. The SMILES string of the molecule is COc1cc2nc(C#N)n3c(=O)cc(-c4ccccc4)c(c1)c23. The van der Waals surface area contributed by atoms with Gasteiger partial charge < -0.3 is 4.74 Å². The van der Waals surface area contributed by atoms with E-state index >= 15 is 0 Å². The highest BCUT2D eigenvalue weighted by Gasteiger charge is 2.18. The van der Waals surface area contributed by atoms with E-state index in [1.165, 1.54) is 4.40 Å². The van der Waals surface area contributed by atoms with Crippen LogP contribution in [0.1, 0.15) is 5.82 Å². The van der Waals surface area contributed by atoms with Crippen molar-refractivity contribution in [1.82, 2.24) is 9.38 Å². The topological polar surface area (TPSA) is 67.4 Å². The largest absolute Gasteiger partial charge is 0.497 e. The summed E-state index contributed by atoms with van der Waals surface area (Å²) in [4.78, 5) is 16.8. The first-order valence-electron chi connectivity index (χ1n) is 7.05. The van der Waals surface area contributed by atoms with Gasteiger partial charge in [0.05, 0.1) is 18.1 Å². The normalized spacial score (nSPS) is 11.0. The number of imidazole rings is 1. The van der Waals surface area contributed by atoms with Crippen LogP contribution in [0.2, 0.25) is 0 Å². The molecule has 0 atom stereocenters.